The molecular weight excluding hydrogens is 833 g/mol. The lowest BCUT2D eigenvalue weighted by atomic mass is 9.66. The molecule has 1 heterocycles. The summed E-state index contributed by atoms with van der Waals surface area (Å²) >= 11 is 0. The minimum Gasteiger partial charge on any atom is -0.310 e. The molecule has 11 aromatic carbocycles. The number of aryl methyl sites for hydroxylation is 2. The van der Waals surface area contributed by atoms with Crippen LogP contribution in [0.1, 0.15) is 33.4 Å². The molecular formula is C67H48N2. The fourth-order valence-corrected chi connectivity index (χ4v) is 11.5. The van der Waals surface area contributed by atoms with Crippen LogP contribution in [0.25, 0.3) is 60.5 Å². The predicted molar refractivity (Wildman–Crippen MR) is 290 cm³/mol. The summed E-state index contributed by atoms with van der Waals surface area (Å²) < 4.78 is 2.50. The maximum Gasteiger partial charge on any atom is 0.0716 e. The minimum atomic E-state index is -0.569. The third-order valence-corrected chi connectivity index (χ3v) is 14.6. The van der Waals surface area contributed by atoms with Gasteiger partial charge in [-0.3, -0.25) is 0 Å². The van der Waals surface area contributed by atoms with Crippen molar-refractivity contribution in [3.05, 3.63) is 300 Å². The quantitative estimate of drug-likeness (QED) is 0.133. The Labute approximate surface area is 403 Å². The fourth-order valence-electron chi connectivity index (χ4n) is 11.5. The maximum absolute atomic E-state index is 2.50. The molecule has 1 aliphatic rings. The first-order valence-electron chi connectivity index (χ1n) is 24.1. The first kappa shape index (κ1) is 40.5. The van der Waals surface area contributed by atoms with Gasteiger partial charge in [0.15, 0.2) is 0 Å². The molecule has 326 valence electrons. The van der Waals surface area contributed by atoms with Crippen LogP contribution in [0.15, 0.2) is 267 Å². The Morgan fingerprint density at radius 2 is 0.986 bits per heavy atom. The number of anilines is 3. The molecule has 0 aliphatic heterocycles. The Balaban J connectivity index is 1.05. The second kappa shape index (κ2) is 16.9. The van der Waals surface area contributed by atoms with E-state index in [0.29, 0.717) is 0 Å². The smallest absolute Gasteiger partial charge is 0.0716 e. The van der Waals surface area contributed by atoms with Crippen LogP contribution in [-0.4, -0.2) is 4.57 Å². The van der Waals surface area contributed by atoms with E-state index in [1.165, 1.54) is 82.7 Å². The lowest BCUT2D eigenvalue weighted by molar-refractivity contribution is 0.748. The number of hydrogen-bond donors (Lipinski definition) is 0. The van der Waals surface area contributed by atoms with Gasteiger partial charge in [0.2, 0.25) is 0 Å². The number of para-hydroxylation sites is 1. The molecule has 1 aliphatic carbocycles. The van der Waals surface area contributed by atoms with E-state index >= 15 is 0 Å². The Morgan fingerprint density at radius 1 is 0.362 bits per heavy atom. The van der Waals surface area contributed by atoms with Crippen LogP contribution in [0.3, 0.4) is 0 Å². The van der Waals surface area contributed by atoms with E-state index in [-0.39, 0.29) is 0 Å². The lowest BCUT2D eigenvalue weighted by Crippen LogP contribution is -2.30. The summed E-state index contributed by atoms with van der Waals surface area (Å²) in [5.41, 5.74) is 19.1. The topological polar surface area (TPSA) is 8.17 Å². The van der Waals surface area contributed by atoms with E-state index in [2.05, 4.69) is 276 Å². The Bertz CT molecular complexity index is 3840. The van der Waals surface area contributed by atoms with Gasteiger partial charge in [0, 0.05) is 38.9 Å². The normalized spacial score (nSPS) is 14.0. The summed E-state index contributed by atoms with van der Waals surface area (Å²) in [5, 5.41) is 4.91. The van der Waals surface area contributed by atoms with Crippen molar-refractivity contribution in [2.75, 3.05) is 4.90 Å². The molecule has 0 amide bonds. The summed E-state index contributed by atoms with van der Waals surface area (Å²) in [5.74, 6) is 0. The van der Waals surface area contributed by atoms with Crippen LogP contribution in [0.4, 0.5) is 17.1 Å². The largest absolute Gasteiger partial charge is 0.310 e. The van der Waals surface area contributed by atoms with Gasteiger partial charge >= 0.3 is 0 Å². The average Bonchev–Trinajstić information content (AvgIpc) is 3.92. The van der Waals surface area contributed by atoms with E-state index in [9.17, 15) is 0 Å². The second-order valence-electron chi connectivity index (χ2n) is 18.3. The van der Waals surface area contributed by atoms with Crippen molar-refractivity contribution in [2.24, 2.45) is 0 Å². The van der Waals surface area contributed by atoms with Crippen molar-refractivity contribution in [2.45, 2.75) is 18.3 Å². The predicted octanol–water partition coefficient (Wildman–Crippen LogP) is 17.2. The first-order valence-corrected chi connectivity index (χ1v) is 24.1. The van der Waals surface area contributed by atoms with Crippen molar-refractivity contribution < 1.29 is 0 Å². The second-order valence-corrected chi connectivity index (χ2v) is 18.3. The summed E-state index contributed by atoms with van der Waals surface area (Å²) in [6.45, 7) is 0. The highest BCUT2D eigenvalue weighted by atomic mass is 15.1. The van der Waals surface area contributed by atoms with Gasteiger partial charge in [0.25, 0.3) is 0 Å². The van der Waals surface area contributed by atoms with Gasteiger partial charge in [-0.25, -0.2) is 0 Å². The number of hydrogen-bond acceptors (Lipinski definition) is 1. The van der Waals surface area contributed by atoms with Crippen LogP contribution >= 0.6 is 0 Å². The van der Waals surface area contributed by atoms with Crippen LogP contribution in [0, 0.1) is 0 Å². The van der Waals surface area contributed by atoms with Gasteiger partial charge in [-0.15, -0.1) is 0 Å². The monoisotopic (exact) mass is 880 g/mol. The van der Waals surface area contributed by atoms with Gasteiger partial charge in [-0.1, -0.05) is 218 Å². The molecule has 0 spiro atoms. The summed E-state index contributed by atoms with van der Waals surface area (Å²) in [4.78, 5) is 2.46. The molecule has 13 rings (SSSR count). The van der Waals surface area contributed by atoms with Crippen LogP contribution < -0.4 is 4.90 Å². The molecule has 2 nitrogen and oxygen atoms in total. The van der Waals surface area contributed by atoms with Gasteiger partial charge in [0.1, 0.15) is 0 Å². The Hall–Kier alpha value is -8.72. The minimum absolute atomic E-state index is 0.569. The molecule has 0 N–H and O–H groups in total. The van der Waals surface area contributed by atoms with E-state index < -0.39 is 5.41 Å². The molecule has 2 heteroatoms. The lowest BCUT2D eigenvalue weighted by Gasteiger charge is -2.36. The van der Waals surface area contributed by atoms with Crippen molar-refractivity contribution in [3.8, 4) is 27.9 Å². The first-order chi connectivity index (χ1) is 34.2. The zero-order chi connectivity index (χ0) is 45.7. The number of fused-ring (bicyclic) bond motifs is 8. The third kappa shape index (κ3) is 6.71. The van der Waals surface area contributed by atoms with Gasteiger partial charge in [-0.2, -0.15) is 0 Å². The van der Waals surface area contributed by atoms with Crippen LogP contribution in [0.5, 0.6) is 0 Å². The molecule has 0 saturated carbocycles. The summed E-state index contributed by atoms with van der Waals surface area (Å²) in [7, 11) is 0. The molecule has 1 unspecified atom stereocenters. The zero-order valence-electron chi connectivity index (χ0n) is 38.2. The van der Waals surface area contributed by atoms with Crippen molar-refractivity contribution in [1.29, 1.82) is 0 Å². The maximum atomic E-state index is 2.50. The molecule has 1 aromatic heterocycles. The molecule has 1 atom stereocenters. The molecule has 0 saturated heterocycles. The SMILES string of the molecule is c1ccc(CCc2ccccc2C2(c3ccccc3)c3ccccc3-c3ccc(N(c4ccccc4)c4ccc5c6ccc7ccccc7c6n(-c6cccc(-c7ccccc7)c6)c5c4)cc32)cc1. The number of nitrogens with zero attached hydrogens (tertiary/aromatic N) is 2. The van der Waals surface area contributed by atoms with E-state index in [1.54, 1.807) is 0 Å². The molecule has 12 aromatic rings. The molecule has 0 fully saturated rings. The Kier molecular flexibility index (Phi) is 9.91. The number of benzene rings is 11. The standard InChI is InChI=1S/C67H48N2/c1-5-20-47(21-6-1)36-37-50-25-14-17-34-62(50)67(52-27-9-3-10-28-52)63-35-18-16-33-58(63)59-42-39-55(45-64(59)67)68(53-29-11-4-12-30-53)56-40-43-60-61-41-38-49-24-13-15-32-57(49)66(61)69(65(60)46-56)54-31-19-26-51(44-54)48-22-7-2-8-23-48/h1-35,38-46H,36-37H2. The van der Waals surface area contributed by atoms with Gasteiger partial charge in [0.05, 0.1) is 16.4 Å². The highest BCUT2D eigenvalue weighted by Crippen LogP contribution is 2.58. The van der Waals surface area contributed by atoms with Crippen molar-refractivity contribution in [1.82, 2.24) is 4.57 Å². The van der Waals surface area contributed by atoms with Crippen LogP contribution in [0.2, 0.25) is 0 Å². The van der Waals surface area contributed by atoms with Gasteiger partial charge < -0.3 is 9.47 Å². The average molecular weight is 881 g/mol. The van der Waals surface area contributed by atoms with Gasteiger partial charge in [-0.05, 0) is 122 Å². The third-order valence-electron chi connectivity index (χ3n) is 14.6. The van der Waals surface area contributed by atoms with E-state index in [4.69, 9.17) is 0 Å². The zero-order valence-corrected chi connectivity index (χ0v) is 38.2. The molecule has 0 bridgehead atoms. The van der Waals surface area contributed by atoms with E-state index in [1.807, 2.05) is 0 Å². The van der Waals surface area contributed by atoms with E-state index in [0.717, 1.165) is 41.1 Å². The summed E-state index contributed by atoms with van der Waals surface area (Å²) in [6, 6.07) is 98.7. The fraction of sp³-hybridized carbons (Fsp3) is 0.0448. The number of aromatic nitrogens is 1. The van der Waals surface area contributed by atoms with Crippen molar-refractivity contribution in [3.63, 3.8) is 0 Å². The highest BCUT2D eigenvalue weighted by molar-refractivity contribution is 6.19. The number of rotatable bonds is 10. The highest BCUT2D eigenvalue weighted by Gasteiger charge is 2.47. The Morgan fingerprint density at radius 3 is 1.81 bits per heavy atom. The molecule has 69 heavy (non-hydrogen) atoms. The van der Waals surface area contributed by atoms with Crippen LogP contribution in [-0.2, 0) is 18.3 Å². The van der Waals surface area contributed by atoms with Crippen molar-refractivity contribution >= 4 is 49.6 Å². The molecule has 0 radical (unpaired) electrons. The summed E-state index contributed by atoms with van der Waals surface area (Å²) in [6.07, 6.45) is 1.89.